The predicted octanol–water partition coefficient (Wildman–Crippen LogP) is 2.41. The van der Waals surface area contributed by atoms with E-state index in [1.54, 1.807) is 0 Å². The molecule has 3 saturated heterocycles. The van der Waals surface area contributed by atoms with Crippen molar-refractivity contribution in [2.75, 3.05) is 19.8 Å². The first-order valence-corrected chi connectivity index (χ1v) is 8.13. The van der Waals surface area contributed by atoms with Gasteiger partial charge in [-0.15, -0.1) is 6.58 Å². The molecule has 26 heavy (non-hydrogen) atoms. The summed E-state index contributed by atoms with van der Waals surface area (Å²) in [6, 6.07) is 0. The lowest BCUT2D eigenvalue weighted by atomic mass is 9.72. The van der Waals surface area contributed by atoms with Crippen molar-refractivity contribution in [2.24, 2.45) is 5.41 Å². The molecule has 10 heteroatoms. The summed E-state index contributed by atoms with van der Waals surface area (Å²) >= 11 is 0. The van der Waals surface area contributed by atoms with E-state index in [9.17, 15) is 14.4 Å². The van der Waals surface area contributed by atoms with Gasteiger partial charge in [0.1, 0.15) is 0 Å². The third-order valence-corrected chi connectivity index (χ3v) is 4.11. The Morgan fingerprint density at radius 1 is 0.923 bits per heavy atom. The second kappa shape index (κ2) is 8.97. The minimum atomic E-state index is -1.92. The minimum absolute atomic E-state index is 0.311. The number of carbonyl (C=O) groups is 3. The van der Waals surface area contributed by atoms with Crippen LogP contribution in [0, 0.1) is 5.41 Å². The molecule has 0 aromatic heterocycles. The molecule has 0 aliphatic carbocycles. The van der Waals surface area contributed by atoms with E-state index in [0.29, 0.717) is 23.7 Å². The van der Waals surface area contributed by atoms with Crippen LogP contribution in [-0.4, -0.2) is 66.8 Å². The molecular weight excluding hydrogens is 352 g/mol. The van der Waals surface area contributed by atoms with E-state index >= 15 is 0 Å². The van der Waals surface area contributed by atoms with Crippen LogP contribution in [0.15, 0.2) is 12.7 Å². The third-order valence-electron chi connectivity index (χ3n) is 4.11. The molecule has 0 aromatic carbocycles. The molecule has 3 fully saturated rings. The van der Waals surface area contributed by atoms with Crippen molar-refractivity contribution in [1.82, 2.24) is 0 Å². The van der Waals surface area contributed by atoms with E-state index in [1.807, 2.05) is 6.08 Å². The number of carbonyl (C=O) groups excluding carboxylic acids is 1. The Labute approximate surface area is 149 Å². The summed E-state index contributed by atoms with van der Waals surface area (Å²) in [6.07, 6.45) is 2.38. The number of ether oxygens (including phenoxy) is 5. The van der Waals surface area contributed by atoms with E-state index in [1.165, 1.54) is 0 Å². The smallest absolute Gasteiger partial charge is 0.449 e. The van der Waals surface area contributed by atoms with Crippen molar-refractivity contribution in [3.05, 3.63) is 12.7 Å². The standard InChI is InChI=1S/C13H20O3.C3H2O7/c1-2-3-13(4-10-7-14-10,5-11-8-15-11)6-12-9-16-12;4-1(5)9-3(8)10-2(6)7/h2,10-12H,1,3-9H2;(H,4,5)(H,6,7). The van der Waals surface area contributed by atoms with Crippen molar-refractivity contribution >= 4 is 18.5 Å². The zero-order valence-electron chi connectivity index (χ0n) is 14.1. The molecule has 0 aromatic rings. The van der Waals surface area contributed by atoms with Crippen LogP contribution in [0.5, 0.6) is 0 Å². The summed E-state index contributed by atoms with van der Waals surface area (Å²) in [6.45, 7) is 6.73. The highest BCUT2D eigenvalue weighted by Gasteiger charge is 2.45. The fraction of sp³-hybridized carbons (Fsp3) is 0.688. The molecule has 3 rings (SSSR count). The van der Waals surface area contributed by atoms with Gasteiger partial charge in [-0.05, 0) is 31.1 Å². The normalized spacial score (nSPS) is 27.0. The molecule has 0 spiro atoms. The average Bonchev–Trinajstić information content (AvgIpc) is 3.33. The van der Waals surface area contributed by atoms with Gasteiger partial charge < -0.3 is 33.9 Å². The van der Waals surface area contributed by atoms with Gasteiger partial charge in [0.15, 0.2) is 0 Å². The lowest BCUT2D eigenvalue weighted by Gasteiger charge is -2.31. The van der Waals surface area contributed by atoms with Crippen molar-refractivity contribution in [3.8, 4) is 0 Å². The Hall–Kier alpha value is -2.17. The lowest BCUT2D eigenvalue weighted by molar-refractivity contribution is 0.0548. The largest absolute Gasteiger partial charge is 0.528 e. The van der Waals surface area contributed by atoms with Gasteiger partial charge in [0, 0.05) is 0 Å². The van der Waals surface area contributed by atoms with Crippen LogP contribution in [0.25, 0.3) is 0 Å². The molecule has 10 nitrogen and oxygen atoms in total. The van der Waals surface area contributed by atoms with Crippen molar-refractivity contribution in [2.45, 2.75) is 44.0 Å². The van der Waals surface area contributed by atoms with Gasteiger partial charge in [-0.3, -0.25) is 0 Å². The molecular formula is C16H22O10. The summed E-state index contributed by atoms with van der Waals surface area (Å²) in [5.41, 5.74) is 0.311. The number of hydrogen-bond donors (Lipinski definition) is 2. The van der Waals surface area contributed by atoms with Crippen molar-refractivity contribution < 1.29 is 48.3 Å². The van der Waals surface area contributed by atoms with Crippen LogP contribution in [0.4, 0.5) is 14.4 Å². The molecule has 3 aliphatic heterocycles. The Bertz CT molecular complexity index is 479. The third kappa shape index (κ3) is 8.28. The molecule has 0 amide bonds. The summed E-state index contributed by atoms with van der Waals surface area (Å²) in [5, 5.41) is 15.4. The maximum Gasteiger partial charge on any atom is 0.528 e. The first-order valence-electron chi connectivity index (χ1n) is 8.13. The minimum Gasteiger partial charge on any atom is -0.449 e. The van der Waals surface area contributed by atoms with Gasteiger partial charge in [-0.25, -0.2) is 14.4 Å². The van der Waals surface area contributed by atoms with E-state index in [-0.39, 0.29) is 0 Å². The SMILES string of the molecule is C=CCC(CC1CO1)(CC1CO1)CC1CO1.O=C(O)OC(=O)OC(=O)O. The predicted molar refractivity (Wildman–Crippen MR) is 83.9 cm³/mol. The molecule has 0 radical (unpaired) electrons. The summed E-state index contributed by atoms with van der Waals surface area (Å²) in [5.74, 6) is 0. The maximum absolute atomic E-state index is 9.86. The highest BCUT2D eigenvalue weighted by molar-refractivity contribution is 5.82. The number of allylic oxidation sites excluding steroid dienone is 1. The second-order valence-corrected chi connectivity index (χ2v) is 6.46. The van der Waals surface area contributed by atoms with Crippen LogP contribution in [0.3, 0.4) is 0 Å². The fourth-order valence-corrected chi connectivity index (χ4v) is 2.98. The number of hydrogen-bond acceptors (Lipinski definition) is 8. The van der Waals surface area contributed by atoms with Gasteiger partial charge in [-0.1, -0.05) is 6.08 Å². The second-order valence-electron chi connectivity index (χ2n) is 6.46. The Morgan fingerprint density at radius 2 is 1.27 bits per heavy atom. The van der Waals surface area contributed by atoms with E-state index in [2.05, 4.69) is 16.1 Å². The molecule has 3 atom stereocenters. The van der Waals surface area contributed by atoms with Gasteiger partial charge in [0.2, 0.25) is 0 Å². The van der Waals surface area contributed by atoms with Gasteiger partial charge >= 0.3 is 18.5 Å². The zero-order chi connectivity index (χ0) is 19.2. The van der Waals surface area contributed by atoms with E-state index in [0.717, 1.165) is 45.5 Å². The van der Waals surface area contributed by atoms with Gasteiger partial charge in [-0.2, -0.15) is 0 Å². The molecule has 3 heterocycles. The van der Waals surface area contributed by atoms with Crippen molar-refractivity contribution in [1.29, 1.82) is 0 Å². The summed E-state index contributed by atoms with van der Waals surface area (Å²) in [7, 11) is 0. The van der Waals surface area contributed by atoms with E-state index < -0.39 is 18.5 Å². The Kier molecular flexibility index (Phi) is 6.95. The summed E-state index contributed by atoms with van der Waals surface area (Å²) < 4.78 is 22.7. The van der Waals surface area contributed by atoms with Gasteiger partial charge in [0.25, 0.3) is 0 Å². The number of rotatable bonds is 8. The Morgan fingerprint density at radius 3 is 1.50 bits per heavy atom. The van der Waals surface area contributed by atoms with Crippen LogP contribution in [0.1, 0.15) is 25.7 Å². The van der Waals surface area contributed by atoms with Crippen LogP contribution in [-0.2, 0) is 23.7 Å². The quantitative estimate of drug-likeness (QED) is 0.281. The van der Waals surface area contributed by atoms with Gasteiger partial charge in [0.05, 0.1) is 38.1 Å². The van der Waals surface area contributed by atoms with Crippen LogP contribution in [0.2, 0.25) is 0 Å². The van der Waals surface area contributed by atoms with Crippen molar-refractivity contribution in [3.63, 3.8) is 0 Å². The highest BCUT2D eigenvalue weighted by atomic mass is 16.8. The van der Waals surface area contributed by atoms with Crippen LogP contribution >= 0.6 is 0 Å². The molecule has 0 saturated carbocycles. The molecule has 0 bridgehead atoms. The topological polar surface area (TPSA) is 148 Å². The van der Waals surface area contributed by atoms with Crippen LogP contribution < -0.4 is 0 Å². The fourth-order valence-electron chi connectivity index (χ4n) is 2.98. The highest BCUT2D eigenvalue weighted by Crippen LogP contribution is 2.46. The number of carboxylic acid groups (broad SMARTS) is 2. The first-order chi connectivity index (χ1) is 12.3. The molecule has 2 N–H and O–H groups in total. The number of epoxide rings is 3. The van der Waals surface area contributed by atoms with E-state index in [4.69, 9.17) is 24.4 Å². The molecule has 3 unspecified atom stereocenters. The average molecular weight is 374 g/mol. The first kappa shape index (κ1) is 20.1. The Balaban J connectivity index is 0.000000213. The molecule has 146 valence electrons. The zero-order valence-corrected chi connectivity index (χ0v) is 14.1. The monoisotopic (exact) mass is 374 g/mol. The maximum atomic E-state index is 9.86. The lowest BCUT2D eigenvalue weighted by Crippen LogP contribution is -2.27. The molecule has 3 aliphatic rings. The summed E-state index contributed by atoms with van der Waals surface area (Å²) in [4.78, 5) is 28.8.